The highest BCUT2D eigenvalue weighted by Crippen LogP contribution is 2.44. The van der Waals surface area contributed by atoms with Crippen LogP contribution in [0.5, 0.6) is 11.5 Å². The Labute approximate surface area is 164 Å². The average Bonchev–Trinajstić information content (AvgIpc) is 2.86. The molecule has 0 bridgehead atoms. The first-order valence-corrected chi connectivity index (χ1v) is 9.21. The van der Waals surface area contributed by atoms with Crippen molar-refractivity contribution >= 4 is 59.4 Å². The van der Waals surface area contributed by atoms with E-state index in [9.17, 15) is 4.79 Å². The van der Waals surface area contributed by atoms with Gasteiger partial charge in [0.25, 0.3) is 0 Å². The number of benzene rings is 2. The third kappa shape index (κ3) is 3.02. The summed E-state index contributed by atoms with van der Waals surface area (Å²) < 4.78 is 18.6. The van der Waals surface area contributed by atoms with Gasteiger partial charge in [-0.3, -0.25) is 0 Å². The van der Waals surface area contributed by atoms with Gasteiger partial charge in [-0.15, -0.1) is 0 Å². The highest BCUT2D eigenvalue weighted by atomic mass is 79.9. The largest absolute Gasteiger partial charge is 0.493 e. The molecule has 1 aliphatic heterocycles. The molecule has 0 unspecified atom stereocenters. The van der Waals surface area contributed by atoms with Crippen LogP contribution in [0.1, 0.15) is 22.1 Å². The molecular formula is C16H12Br3NO4. The highest BCUT2D eigenvalue weighted by molar-refractivity contribution is 9.11. The number of esters is 1. The van der Waals surface area contributed by atoms with Gasteiger partial charge in [0.1, 0.15) is 5.56 Å². The Bertz CT molecular complexity index is 802. The molecule has 0 aliphatic carbocycles. The summed E-state index contributed by atoms with van der Waals surface area (Å²) in [6.07, 6.45) is -0.624. The van der Waals surface area contributed by atoms with E-state index < -0.39 is 12.2 Å². The van der Waals surface area contributed by atoms with Gasteiger partial charge in [0, 0.05) is 19.0 Å². The molecule has 0 amide bonds. The number of carbonyl (C=O) groups excluding carboxylic acids is 1. The minimum absolute atomic E-state index is 0.373. The molecule has 0 fully saturated rings. The number of hydrogen-bond acceptors (Lipinski definition) is 5. The summed E-state index contributed by atoms with van der Waals surface area (Å²) in [6.45, 7) is 0. The van der Waals surface area contributed by atoms with E-state index in [0.29, 0.717) is 22.6 Å². The predicted molar refractivity (Wildman–Crippen MR) is 101 cm³/mol. The molecule has 1 aliphatic rings. The minimum Gasteiger partial charge on any atom is -0.493 e. The van der Waals surface area contributed by atoms with Crippen LogP contribution in [0, 0.1) is 0 Å². The zero-order chi connectivity index (χ0) is 17.4. The Hall–Kier alpha value is -1.25. The Morgan fingerprint density at radius 3 is 2.33 bits per heavy atom. The van der Waals surface area contributed by atoms with Gasteiger partial charge < -0.3 is 19.5 Å². The van der Waals surface area contributed by atoms with Gasteiger partial charge in [-0.2, -0.15) is 0 Å². The zero-order valence-electron chi connectivity index (χ0n) is 12.7. The van der Waals surface area contributed by atoms with Crippen molar-refractivity contribution in [1.29, 1.82) is 0 Å². The molecule has 0 aromatic heterocycles. The van der Waals surface area contributed by atoms with Gasteiger partial charge in [-0.1, -0.05) is 15.9 Å². The Morgan fingerprint density at radius 2 is 1.75 bits per heavy atom. The van der Waals surface area contributed by atoms with Gasteiger partial charge in [-0.05, 0) is 56.1 Å². The maximum atomic E-state index is 12.3. The normalized spacial score (nSPS) is 15.7. The van der Waals surface area contributed by atoms with Crippen LogP contribution in [0.4, 0.5) is 5.69 Å². The van der Waals surface area contributed by atoms with E-state index in [2.05, 4.69) is 53.1 Å². The smallest absolute Gasteiger partial charge is 0.344 e. The summed E-state index contributed by atoms with van der Waals surface area (Å²) in [6, 6.07) is 7.35. The molecule has 0 radical (unpaired) electrons. The van der Waals surface area contributed by atoms with Crippen LogP contribution >= 0.6 is 47.8 Å². The first-order valence-electron chi connectivity index (χ1n) is 6.83. The minimum atomic E-state index is -0.624. The molecule has 0 spiro atoms. The Morgan fingerprint density at radius 1 is 1.08 bits per heavy atom. The van der Waals surface area contributed by atoms with Crippen LogP contribution in [0.3, 0.4) is 0 Å². The molecule has 5 nitrogen and oxygen atoms in total. The lowest BCUT2D eigenvalue weighted by Gasteiger charge is -2.17. The second-order valence-corrected chi connectivity index (χ2v) is 7.56. The highest BCUT2D eigenvalue weighted by Gasteiger charge is 2.36. The third-order valence-corrected chi connectivity index (χ3v) is 5.28. The van der Waals surface area contributed by atoms with Gasteiger partial charge >= 0.3 is 5.97 Å². The monoisotopic (exact) mass is 519 g/mol. The number of rotatable bonds is 4. The molecule has 2 aromatic carbocycles. The molecule has 126 valence electrons. The van der Waals surface area contributed by atoms with Crippen LogP contribution in [-0.2, 0) is 4.74 Å². The Kier molecular flexibility index (Phi) is 5.08. The van der Waals surface area contributed by atoms with Crippen molar-refractivity contribution in [3.8, 4) is 11.5 Å². The summed E-state index contributed by atoms with van der Waals surface area (Å²) in [5.41, 5.74) is 1.84. The van der Waals surface area contributed by atoms with Crippen LogP contribution in [0.2, 0.25) is 0 Å². The second-order valence-electron chi connectivity index (χ2n) is 4.94. The predicted octanol–water partition coefficient (Wildman–Crippen LogP) is 5.27. The molecule has 24 heavy (non-hydrogen) atoms. The van der Waals surface area contributed by atoms with Crippen molar-refractivity contribution in [2.75, 3.05) is 19.5 Å². The number of halogens is 3. The molecule has 1 heterocycles. The van der Waals surface area contributed by atoms with Crippen molar-refractivity contribution in [3.05, 3.63) is 48.8 Å². The van der Waals surface area contributed by atoms with E-state index >= 15 is 0 Å². The first kappa shape index (κ1) is 17.6. The van der Waals surface area contributed by atoms with Crippen molar-refractivity contribution in [1.82, 2.24) is 0 Å². The summed E-state index contributed by atoms with van der Waals surface area (Å²) >= 11 is 10.4. The topological polar surface area (TPSA) is 56.8 Å². The van der Waals surface area contributed by atoms with Crippen molar-refractivity contribution in [2.24, 2.45) is 0 Å². The van der Waals surface area contributed by atoms with Crippen molar-refractivity contribution in [2.45, 2.75) is 6.23 Å². The quantitative estimate of drug-likeness (QED) is 0.555. The van der Waals surface area contributed by atoms with Gasteiger partial charge in [0.05, 0.1) is 19.9 Å². The number of ether oxygens (including phenoxy) is 3. The molecular weight excluding hydrogens is 510 g/mol. The number of cyclic esters (lactones) is 1. The summed E-state index contributed by atoms with van der Waals surface area (Å²) in [7, 11) is 3.02. The van der Waals surface area contributed by atoms with Gasteiger partial charge in [0.15, 0.2) is 11.5 Å². The number of carbonyl (C=O) groups is 1. The summed E-state index contributed by atoms with van der Waals surface area (Å²) in [5.74, 6) is 0.403. The van der Waals surface area contributed by atoms with Gasteiger partial charge in [0.2, 0.25) is 6.23 Å². The first-order chi connectivity index (χ1) is 11.5. The zero-order valence-corrected chi connectivity index (χ0v) is 17.4. The standard InChI is InChI=1S/C16H12Br3NO4/c1-22-11-4-3-8-12(14(11)23-2)16(21)24-15(8)20-13-9(18)5-7(17)6-10(13)19/h3-6,15,20H,1-2H3/t15-/m1/s1. The van der Waals surface area contributed by atoms with E-state index in [4.69, 9.17) is 14.2 Å². The number of nitrogens with one attached hydrogen (secondary N) is 1. The van der Waals surface area contributed by atoms with E-state index in [1.54, 1.807) is 12.1 Å². The van der Waals surface area contributed by atoms with E-state index in [1.807, 2.05) is 12.1 Å². The molecule has 0 saturated heterocycles. The molecule has 3 rings (SSSR count). The van der Waals surface area contributed by atoms with Crippen LogP contribution in [-0.4, -0.2) is 20.2 Å². The summed E-state index contributed by atoms with van der Waals surface area (Å²) in [5, 5.41) is 3.23. The number of hydrogen-bond donors (Lipinski definition) is 1. The van der Waals surface area contributed by atoms with Crippen LogP contribution in [0.15, 0.2) is 37.7 Å². The molecule has 8 heteroatoms. The second kappa shape index (κ2) is 6.93. The molecule has 0 saturated carbocycles. The average molecular weight is 522 g/mol. The lowest BCUT2D eigenvalue weighted by atomic mass is 10.1. The van der Waals surface area contributed by atoms with Crippen molar-refractivity contribution < 1.29 is 19.0 Å². The fraction of sp³-hybridized carbons (Fsp3) is 0.188. The van der Waals surface area contributed by atoms with Crippen LogP contribution < -0.4 is 14.8 Å². The third-order valence-electron chi connectivity index (χ3n) is 3.57. The van der Waals surface area contributed by atoms with E-state index in [1.165, 1.54) is 14.2 Å². The van der Waals surface area contributed by atoms with Crippen LogP contribution in [0.25, 0.3) is 0 Å². The van der Waals surface area contributed by atoms with E-state index in [0.717, 1.165) is 19.1 Å². The fourth-order valence-electron chi connectivity index (χ4n) is 2.52. The number of methoxy groups -OCH3 is 2. The fourth-order valence-corrected chi connectivity index (χ4v) is 5.01. The number of fused-ring (bicyclic) bond motifs is 1. The SMILES string of the molecule is COc1ccc2c(c1OC)C(=O)O[C@H]2Nc1c(Br)cc(Br)cc1Br. The maximum absolute atomic E-state index is 12.3. The molecule has 2 aromatic rings. The molecule has 1 N–H and O–H groups in total. The lowest BCUT2D eigenvalue weighted by molar-refractivity contribution is 0.0435. The van der Waals surface area contributed by atoms with Gasteiger partial charge in [-0.25, -0.2) is 4.79 Å². The maximum Gasteiger partial charge on any atom is 0.344 e. The Balaban J connectivity index is 2.02. The van der Waals surface area contributed by atoms with Crippen molar-refractivity contribution in [3.63, 3.8) is 0 Å². The number of anilines is 1. The molecule has 1 atom stereocenters. The summed E-state index contributed by atoms with van der Waals surface area (Å²) in [4.78, 5) is 12.3. The van der Waals surface area contributed by atoms with E-state index in [-0.39, 0.29) is 0 Å². The lowest BCUT2D eigenvalue weighted by Crippen LogP contribution is -2.11.